The first-order valence-corrected chi connectivity index (χ1v) is 7.08. The van der Waals surface area contributed by atoms with E-state index in [1.54, 1.807) is 11.3 Å². The Morgan fingerprint density at radius 1 is 1.28 bits per heavy atom. The minimum atomic E-state index is 0.536. The highest BCUT2D eigenvalue weighted by Crippen LogP contribution is 2.14. The molecule has 3 nitrogen and oxygen atoms in total. The molecule has 1 aromatic heterocycles. The molecule has 1 N–H and O–H groups in total. The summed E-state index contributed by atoms with van der Waals surface area (Å²) in [6.45, 7) is 4.58. The van der Waals surface area contributed by atoms with Crippen molar-refractivity contribution in [2.24, 2.45) is 0 Å². The van der Waals surface area contributed by atoms with Crippen LogP contribution in [-0.4, -0.2) is 11.5 Å². The topological polar surface area (TPSA) is 34.2 Å². The Kier molecular flexibility index (Phi) is 5.17. The van der Waals surface area contributed by atoms with Crippen molar-refractivity contribution in [1.82, 2.24) is 10.3 Å². The van der Waals surface area contributed by atoms with Crippen LogP contribution < -0.4 is 10.1 Å². The summed E-state index contributed by atoms with van der Waals surface area (Å²) in [5.41, 5.74) is 0.997. The van der Waals surface area contributed by atoms with Gasteiger partial charge >= 0.3 is 0 Å². The summed E-state index contributed by atoms with van der Waals surface area (Å²) in [5, 5.41) is 6.53. The van der Waals surface area contributed by atoms with Crippen molar-refractivity contribution in [1.29, 1.82) is 0 Å². The van der Waals surface area contributed by atoms with Gasteiger partial charge in [-0.2, -0.15) is 0 Å². The van der Waals surface area contributed by atoms with Crippen molar-refractivity contribution in [3.8, 4) is 5.75 Å². The zero-order valence-corrected chi connectivity index (χ0v) is 11.4. The molecule has 4 heteroatoms. The third-order valence-electron chi connectivity index (χ3n) is 2.43. The van der Waals surface area contributed by atoms with Gasteiger partial charge in [-0.05, 0) is 25.1 Å². The van der Waals surface area contributed by atoms with Crippen LogP contribution in [0.25, 0.3) is 0 Å². The highest BCUT2D eigenvalue weighted by atomic mass is 32.1. The maximum atomic E-state index is 5.65. The average Bonchev–Trinajstić information content (AvgIpc) is 2.86. The van der Waals surface area contributed by atoms with Gasteiger partial charge in [0.2, 0.25) is 0 Å². The van der Waals surface area contributed by atoms with Gasteiger partial charge in [-0.1, -0.05) is 25.1 Å². The summed E-state index contributed by atoms with van der Waals surface area (Å²) in [6.07, 6.45) is 1.15. The van der Waals surface area contributed by atoms with Gasteiger partial charge in [0, 0.05) is 11.9 Å². The van der Waals surface area contributed by atoms with Gasteiger partial charge in [0.1, 0.15) is 17.4 Å². The van der Waals surface area contributed by atoms with Crippen LogP contribution in [0.3, 0.4) is 0 Å². The van der Waals surface area contributed by atoms with Crippen molar-refractivity contribution in [2.45, 2.75) is 26.5 Å². The van der Waals surface area contributed by atoms with E-state index in [1.807, 2.05) is 30.3 Å². The normalized spacial score (nSPS) is 10.5. The van der Waals surface area contributed by atoms with Crippen LogP contribution in [0.5, 0.6) is 5.75 Å². The van der Waals surface area contributed by atoms with E-state index in [0.29, 0.717) is 6.61 Å². The van der Waals surface area contributed by atoms with Crippen LogP contribution in [0.15, 0.2) is 35.7 Å². The average molecular weight is 262 g/mol. The molecule has 0 amide bonds. The summed E-state index contributed by atoms with van der Waals surface area (Å²) >= 11 is 1.68. The molecule has 18 heavy (non-hydrogen) atoms. The second-order valence-electron chi connectivity index (χ2n) is 4.01. The maximum absolute atomic E-state index is 5.65. The second-order valence-corrected chi connectivity index (χ2v) is 4.95. The third kappa shape index (κ3) is 4.13. The van der Waals surface area contributed by atoms with E-state index in [9.17, 15) is 0 Å². The van der Waals surface area contributed by atoms with Gasteiger partial charge < -0.3 is 10.1 Å². The molecule has 0 aliphatic rings. The number of hydrogen-bond donors (Lipinski definition) is 1. The number of thiazole rings is 1. The molecular formula is C14H18N2OS. The molecule has 0 radical (unpaired) electrons. The molecule has 0 spiro atoms. The summed E-state index contributed by atoms with van der Waals surface area (Å²) in [6, 6.07) is 9.83. The molecule has 0 saturated heterocycles. The lowest BCUT2D eigenvalue weighted by Gasteiger charge is -2.03. The van der Waals surface area contributed by atoms with Gasteiger partial charge in [0.15, 0.2) is 0 Å². The van der Waals surface area contributed by atoms with Crippen molar-refractivity contribution < 1.29 is 4.74 Å². The summed E-state index contributed by atoms with van der Waals surface area (Å²) in [7, 11) is 0. The predicted octanol–water partition coefficient (Wildman–Crippen LogP) is 3.22. The molecule has 0 atom stereocenters. The lowest BCUT2D eigenvalue weighted by Crippen LogP contribution is -2.13. The first-order chi connectivity index (χ1) is 8.88. The van der Waals surface area contributed by atoms with Crippen LogP contribution in [-0.2, 0) is 13.2 Å². The Bertz CT molecular complexity index is 456. The molecular weight excluding hydrogens is 244 g/mol. The number of aromatic nitrogens is 1. The molecule has 1 aromatic carbocycles. The number of rotatable bonds is 7. The molecule has 0 fully saturated rings. The molecule has 1 heterocycles. The molecule has 96 valence electrons. The summed E-state index contributed by atoms with van der Waals surface area (Å²) in [4.78, 5) is 4.53. The number of nitrogens with zero attached hydrogens (tertiary/aromatic N) is 1. The number of benzene rings is 1. The monoisotopic (exact) mass is 262 g/mol. The Morgan fingerprint density at radius 3 is 2.89 bits per heavy atom. The SMILES string of the molecule is CCCNCc1nc(COc2ccccc2)cs1. The fraction of sp³-hybridized carbons (Fsp3) is 0.357. The summed E-state index contributed by atoms with van der Waals surface area (Å²) < 4.78 is 5.65. The van der Waals surface area contributed by atoms with E-state index < -0.39 is 0 Å². The Morgan fingerprint density at radius 2 is 2.11 bits per heavy atom. The van der Waals surface area contributed by atoms with Gasteiger partial charge in [-0.3, -0.25) is 0 Å². The minimum absolute atomic E-state index is 0.536. The van der Waals surface area contributed by atoms with Crippen molar-refractivity contribution in [3.63, 3.8) is 0 Å². The van der Waals surface area contributed by atoms with Crippen molar-refractivity contribution >= 4 is 11.3 Å². The highest BCUT2D eigenvalue weighted by Gasteiger charge is 2.02. The van der Waals surface area contributed by atoms with E-state index in [0.717, 1.165) is 36.0 Å². The van der Waals surface area contributed by atoms with Gasteiger partial charge in [-0.25, -0.2) is 4.98 Å². The molecule has 0 aliphatic carbocycles. The molecule has 2 rings (SSSR count). The Hall–Kier alpha value is -1.39. The quantitative estimate of drug-likeness (QED) is 0.778. The molecule has 2 aromatic rings. The standard InChI is InChI=1S/C14H18N2OS/c1-2-8-15-9-14-16-12(11-18-14)10-17-13-6-4-3-5-7-13/h3-7,11,15H,2,8-10H2,1H3. The van der Waals surface area contributed by atoms with Crippen LogP contribution in [0.4, 0.5) is 0 Å². The fourth-order valence-corrected chi connectivity index (χ4v) is 2.29. The lowest BCUT2D eigenvalue weighted by molar-refractivity contribution is 0.302. The number of nitrogens with one attached hydrogen (secondary N) is 1. The van der Waals surface area contributed by atoms with Crippen LogP contribution in [0.2, 0.25) is 0 Å². The van der Waals surface area contributed by atoms with Gasteiger partial charge in [0.05, 0.1) is 5.69 Å². The van der Waals surface area contributed by atoms with E-state index in [4.69, 9.17) is 4.74 Å². The minimum Gasteiger partial charge on any atom is -0.487 e. The van der Waals surface area contributed by atoms with Crippen LogP contribution in [0, 0.1) is 0 Å². The Balaban J connectivity index is 1.80. The molecule has 0 aliphatic heterocycles. The highest BCUT2D eigenvalue weighted by molar-refractivity contribution is 7.09. The summed E-state index contributed by atoms with van der Waals surface area (Å²) in [5.74, 6) is 0.885. The van der Waals surface area contributed by atoms with E-state index in [2.05, 4.69) is 22.6 Å². The van der Waals surface area contributed by atoms with E-state index >= 15 is 0 Å². The number of ether oxygens (including phenoxy) is 1. The number of hydrogen-bond acceptors (Lipinski definition) is 4. The lowest BCUT2D eigenvalue weighted by atomic mass is 10.3. The smallest absolute Gasteiger partial charge is 0.131 e. The first kappa shape index (κ1) is 13.1. The zero-order chi connectivity index (χ0) is 12.6. The second kappa shape index (κ2) is 7.13. The Labute approximate surface area is 112 Å². The zero-order valence-electron chi connectivity index (χ0n) is 10.6. The number of para-hydroxylation sites is 1. The third-order valence-corrected chi connectivity index (χ3v) is 3.33. The van der Waals surface area contributed by atoms with Crippen molar-refractivity contribution in [3.05, 3.63) is 46.4 Å². The molecule has 0 unspecified atom stereocenters. The van der Waals surface area contributed by atoms with E-state index in [1.165, 1.54) is 0 Å². The largest absolute Gasteiger partial charge is 0.487 e. The van der Waals surface area contributed by atoms with Gasteiger partial charge in [-0.15, -0.1) is 11.3 Å². The fourth-order valence-electron chi connectivity index (χ4n) is 1.54. The molecule has 0 bridgehead atoms. The van der Waals surface area contributed by atoms with Crippen LogP contribution >= 0.6 is 11.3 Å². The predicted molar refractivity (Wildman–Crippen MR) is 74.9 cm³/mol. The maximum Gasteiger partial charge on any atom is 0.131 e. The molecule has 0 saturated carbocycles. The first-order valence-electron chi connectivity index (χ1n) is 6.20. The van der Waals surface area contributed by atoms with Crippen LogP contribution in [0.1, 0.15) is 24.0 Å². The van der Waals surface area contributed by atoms with Gasteiger partial charge in [0.25, 0.3) is 0 Å². The van der Waals surface area contributed by atoms with E-state index in [-0.39, 0.29) is 0 Å². The van der Waals surface area contributed by atoms with Crippen molar-refractivity contribution in [2.75, 3.05) is 6.54 Å².